The minimum atomic E-state index is -0.347. The Morgan fingerprint density at radius 3 is 2.28 bits per heavy atom. The number of fused-ring (bicyclic) bond motifs is 1. The Kier molecular flexibility index (Phi) is 4.84. The normalized spacial score (nSPS) is 10.8. The van der Waals surface area contributed by atoms with E-state index in [2.05, 4.69) is 29.3 Å². The molecule has 5 heteroatoms. The van der Waals surface area contributed by atoms with E-state index in [4.69, 9.17) is 0 Å². The van der Waals surface area contributed by atoms with E-state index < -0.39 is 0 Å². The highest BCUT2D eigenvalue weighted by Crippen LogP contribution is 2.22. The molecule has 2 aromatic carbocycles. The van der Waals surface area contributed by atoms with Gasteiger partial charge in [-0.2, -0.15) is 0 Å². The van der Waals surface area contributed by atoms with E-state index in [1.807, 2.05) is 36.5 Å². The number of para-hydroxylation sites is 1. The molecule has 0 unspecified atom stereocenters. The van der Waals surface area contributed by atoms with E-state index in [-0.39, 0.29) is 11.8 Å². The van der Waals surface area contributed by atoms with E-state index in [0.717, 1.165) is 17.4 Å². The number of carbonyl (C=O) groups is 2. The van der Waals surface area contributed by atoms with Gasteiger partial charge in [-0.3, -0.25) is 20.4 Å². The highest BCUT2D eigenvalue weighted by Gasteiger charge is 2.16. The quantitative estimate of drug-likeness (QED) is 0.718. The molecule has 0 fully saturated rings. The summed E-state index contributed by atoms with van der Waals surface area (Å²) in [4.78, 5) is 24.6. The topological polar surface area (TPSA) is 63.1 Å². The number of carbonyl (C=O) groups excluding carboxylic acids is 2. The van der Waals surface area contributed by atoms with Crippen molar-refractivity contribution in [2.45, 2.75) is 20.4 Å². The highest BCUT2D eigenvalue weighted by atomic mass is 16.2. The van der Waals surface area contributed by atoms with E-state index in [0.29, 0.717) is 17.0 Å². The first-order valence-corrected chi connectivity index (χ1v) is 8.30. The molecule has 3 rings (SSSR count). The number of nitrogens with one attached hydrogen (secondary N) is 2. The lowest BCUT2D eigenvalue weighted by Crippen LogP contribution is -2.41. The second-order valence-electron chi connectivity index (χ2n) is 6.38. The summed E-state index contributed by atoms with van der Waals surface area (Å²) >= 11 is 0. The molecule has 0 aliphatic rings. The fraction of sp³-hybridized carbons (Fsp3) is 0.200. The second kappa shape index (κ2) is 7.21. The minimum absolute atomic E-state index is 0.331. The number of hydrogen-bond acceptors (Lipinski definition) is 2. The Hall–Kier alpha value is -3.08. The molecule has 2 N–H and O–H groups in total. The van der Waals surface area contributed by atoms with Crippen molar-refractivity contribution in [2.24, 2.45) is 5.92 Å². The van der Waals surface area contributed by atoms with Gasteiger partial charge in [-0.1, -0.05) is 50.2 Å². The summed E-state index contributed by atoms with van der Waals surface area (Å²) in [5.41, 5.74) is 7.02. The predicted octanol–water partition coefficient (Wildman–Crippen LogP) is 3.37. The molecule has 25 heavy (non-hydrogen) atoms. The number of amides is 2. The summed E-state index contributed by atoms with van der Waals surface area (Å²) in [6.07, 6.45) is 1.84. The summed E-state index contributed by atoms with van der Waals surface area (Å²) in [5, 5.41) is 0.870. The third-order valence-corrected chi connectivity index (χ3v) is 3.92. The van der Waals surface area contributed by atoms with Crippen molar-refractivity contribution in [3.8, 4) is 0 Å². The molecule has 0 radical (unpaired) electrons. The highest BCUT2D eigenvalue weighted by molar-refractivity contribution is 6.08. The predicted molar refractivity (Wildman–Crippen MR) is 98.2 cm³/mol. The van der Waals surface area contributed by atoms with E-state index >= 15 is 0 Å². The lowest BCUT2D eigenvalue weighted by atomic mass is 10.1. The maximum absolute atomic E-state index is 12.6. The Labute approximate surface area is 146 Å². The molecule has 0 spiro atoms. The fourth-order valence-electron chi connectivity index (χ4n) is 2.81. The van der Waals surface area contributed by atoms with Gasteiger partial charge in [-0.05, 0) is 24.1 Å². The van der Waals surface area contributed by atoms with Crippen LogP contribution in [0.25, 0.3) is 10.9 Å². The Balaban J connectivity index is 1.79. The van der Waals surface area contributed by atoms with Crippen LogP contribution >= 0.6 is 0 Å². The molecule has 1 heterocycles. The van der Waals surface area contributed by atoms with Crippen LogP contribution in [0.5, 0.6) is 0 Å². The zero-order valence-corrected chi connectivity index (χ0v) is 14.3. The number of benzene rings is 2. The van der Waals surface area contributed by atoms with Crippen LogP contribution in [-0.4, -0.2) is 16.4 Å². The minimum Gasteiger partial charge on any atom is -0.346 e. The van der Waals surface area contributed by atoms with Crippen LogP contribution < -0.4 is 10.9 Å². The monoisotopic (exact) mass is 335 g/mol. The van der Waals surface area contributed by atoms with E-state index in [1.54, 1.807) is 24.3 Å². The number of hydrogen-bond donors (Lipinski definition) is 2. The molecule has 128 valence electrons. The largest absolute Gasteiger partial charge is 0.346 e. The zero-order valence-electron chi connectivity index (χ0n) is 14.3. The Bertz CT molecular complexity index is 898. The summed E-state index contributed by atoms with van der Waals surface area (Å²) in [6.45, 7) is 5.09. The molecule has 0 aliphatic carbocycles. The summed E-state index contributed by atoms with van der Waals surface area (Å²) in [6, 6.07) is 16.5. The third kappa shape index (κ3) is 3.71. The van der Waals surface area contributed by atoms with Gasteiger partial charge < -0.3 is 4.57 Å². The van der Waals surface area contributed by atoms with Crippen molar-refractivity contribution >= 4 is 22.7 Å². The summed E-state index contributed by atoms with van der Waals surface area (Å²) < 4.78 is 2.08. The standard InChI is InChI=1S/C20H21N3O2/c1-14(2)12-23-13-17(16-10-6-7-11-18(16)23)20(25)22-21-19(24)15-8-4-3-5-9-15/h3-11,13-14H,12H2,1-2H3,(H,21,24)(H,22,25). The number of nitrogens with zero attached hydrogens (tertiary/aromatic N) is 1. The SMILES string of the molecule is CC(C)Cn1cc(C(=O)NNC(=O)c2ccccc2)c2ccccc21. The molecule has 1 aromatic heterocycles. The molecule has 0 saturated heterocycles. The molecule has 0 saturated carbocycles. The first-order valence-electron chi connectivity index (χ1n) is 8.30. The molecular formula is C20H21N3O2. The number of rotatable bonds is 4. The second-order valence-corrected chi connectivity index (χ2v) is 6.38. The first kappa shape index (κ1) is 16.8. The van der Waals surface area contributed by atoms with E-state index in [1.165, 1.54) is 0 Å². The smallest absolute Gasteiger partial charge is 0.271 e. The number of hydrazine groups is 1. The molecule has 0 atom stereocenters. The Morgan fingerprint density at radius 2 is 1.56 bits per heavy atom. The van der Waals surface area contributed by atoms with Crippen LogP contribution in [0.3, 0.4) is 0 Å². The van der Waals surface area contributed by atoms with Gasteiger partial charge in [0.1, 0.15) is 0 Å². The van der Waals surface area contributed by atoms with Crippen LogP contribution in [0.4, 0.5) is 0 Å². The first-order chi connectivity index (χ1) is 12.1. The number of aromatic nitrogens is 1. The fourth-order valence-corrected chi connectivity index (χ4v) is 2.81. The van der Waals surface area contributed by atoms with Gasteiger partial charge in [0.15, 0.2) is 0 Å². The lowest BCUT2D eigenvalue weighted by Gasteiger charge is -2.07. The van der Waals surface area contributed by atoms with Crippen molar-refractivity contribution in [3.05, 3.63) is 71.9 Å². The van der Waals surface area contributed by atoms with Crippen LogP contribution in [0, 0.1) is 5.92 Å². The van der Waals surface area contributed by atoms with Gasteiger partial charge >= 0.3 is 0 Å². The zero-order chi connectivity index (χ0) is 17.8. The molecule has 5 nitrogen and oxygen atoms in total. The van der Waals surface area contributed by atoms with Crippen LogP contribution in [0.1, 0.15) is 34.6 Å². The Morgan fingerprint density at radius 1 is 0.920 bits per heavy atom. The van der Waals surface area contributed by atoms with Crippen molar-refractivity contribution in [1.82, 2.24) is 15.4 Å². The molecule has 3 aromatic rings. The van der Waals surface area contributed by atoms with Crippen LogP contribution in [0.15, 0.2) is 60.8 Å². The van der Waals surface area contributed by atoms with Crippen molar-refractivity contribution in [2.75, 3.05) is 0 Å². The van der Waals surface area contributed by atoms with Gasteiger partial charge in [0.05, 0.1) is 5.56 Å². The van der Waals surface area contributed by atoms with E-state index in [9.17, 15) is 9.59 Å². The van der Waals surface area contributed by atoms with Crippen LogP contribution in [0.2, 0.25) is 0 Å². The van der Waals surface area contributed by atoms with Gasteiger partial charge in [-0.15, -0.1) is 0 Å². The molecule has 0 bridgehead atoms. The molecule has 2 amide bonds. The van der Waals surface area contributed by atoms with Gasteiger partial charge in [-0.25, -0.2) is 0 Å². The average molecular weight is 335 g/mol. The summed E-state index contributed by atoms with van der Waals surface area (Å²) in [5.74, 6) is -0.215. The van der Waals surface area contributed by atoms with Gasteiger partial charge in [0.2, 0.25) is 0 Å². The van der Waals surface area contributed by atoms with Crippen molar-refractivity contribution in [1.29, 1.82) is 0 Å². The maximum Gasteiger partial charge on any atom is 0.271 e. The van der Waals surface area contributed by atoms with Crippen LogP contribution in [-0.2, 0) is 6.54 Å². The summed E-state index contributed by atoms with van der Waals surface area (Å²) in [7, 11) is 0. The maximum atomic E-state index is 12.6. The average Bonchev–Trinajstić information content (AvgIpc) is 2.98. The van der Waals surface area contributed by atoms with Crippen molar-refractivity contribution < 1.29 is 9.59 Å². The molecular weight excluding hydrogens is 314 g/mol. The van der Waals surface area contributed by atoms with Gasteiger partial charge in [0, 0.05) is 29.2 Å². The van der Waals surface area contributed by atoms with Crippen molar-refractivity contribution in [3.63, 3.8) is 0 Å². The molecule has 0 aliphatic heterocycles. The third-order valence-electron chi connectivity index (χ3n) is 3.92. The lowest BCUT2D eigenvalue weighted by molar-refractivity contribution is 0.0847. The van der Waals surface area contributed by atoms with Gasteiger partial charge in [0.25, 0.3) is 11.8 Å².